The lowest BCUT2D eigenvalue weighted by Gasteiger charge is -2.40. The highest BCUT2D eigenvalue weighted by Crippen LogP contribution is 2.38. The molecule has 0 fully saturated rings. The highest BCUT2D eigenvalue weighted by Gasteiger charge is 2.40. The molecule has 0 radical (unpaired) electrons. The minimum atomic E-state index is -1.97. The summed E-state index contributed by atoms with van der Waals surface area (Å²) in [4.78, 5) is 0. The van der Waals surface area contributed by atoms with E-state index in [2.05, 4.69) is 46.5 Å². The molecule has 0 aliphatic heterocycles. The average Bonchev–Trinajstić information content (AvgIpc) is 2.47. The summed E-state index contributed by atoms with van der Waals surface area (Å²) in [6.07, 6.45) is 1.49. The molecule has 0 bridgehead atoms. The maximum atomic E-state index is 9.16. The average molecular weight is 332 g/mol. The van der Waals surface area contributed by atoms with Crippen LogP contribution in [-0.4, -0.2) is 20.5 Å². The second-order valence-electron chi connectivity index (χ2n) is 7.28. The molecule has 0 saturated carbocycles. The topological polar surface area (TPSA) is 42.2 Å². The third kappa shape index (κ3) is 5.95. The van der Waals surface area contributed by atoms with Crippen LogP contribution in [0.4, 0.5) is 0 Å². The second-order valence-corrected chi connectivity index (χ2v) is 12.0. The van der Waals surface area contributed by atoms with Crippen molar-refractivity contribution in [3.05, 3.63) is 48.6 Å². The van der Waals surface area contributed by atoms with Gasteiger partial charge in [-0.15, -0.1) is 6.58 Å². The van der Waals surface area contributed by atoms with Gasteiger partial charge in [-0.3, -0.25) is 0 Å². The molecular weight excluding hydrogens is 302 g/mol. The van der Waals surface area contributed by atoms with Gasteiger partial charge >= 0.3 is 0 Å². The van der Waals surface area contributed by atoms with Gasteiger partial charge in [-0.25, -0.2) is 0 Å². The van der Waals surface area contributed by atoms with E-state index in [0.29, 0.717) is 13.0 Å². The third-order valence-corrected chi connectivity index (χ3v) is 8.93. The smallest absolute Gasteiger partial charge is 0.192 e. The van der Waals surface area contributed by atoms with Crippen molar-refractivity contribution in [1.29, 1.82) is 5.26 Å². The zero-order valence-corrected chi connectivity index (χ0v) is 16.0. The van der Waals surface area contributed by atoms with Crippen molar-refractivity contribution >= 4 is 8.32 Å². The van der Waals surface area contributed by atoms with Crippen LogP contribution in [0.3, 0.4) is 0 Å². The van der Waals surface area contributed by atoms with Gasteiger partial charge in [0, 0.05) is 0 Å². The van der Waals surface area contributed by atoms with E-state index in [4.69, 9.17) is 14.4 Å². The monoisotopic (exact) mass is 331 g/mol. The standard InChI is InChI=1S/C19H29NO2Si/c1-7-17(21-15-16-11-9-8-10-12-16)18(13-14-20)22-23(5,6)19(2,3)4/h7-12,17-18H,1,13,15H2,2-6H3/t17-,18+/m1/s1. The number of nitriles is 1. The SMILES string of the molecule is C=C[C@@H](OCc1ccccc1)[C@H](CC#N)O[Si](C)(C)C(C)(C)C. The Morgan fingerprint density at radius 2 is 1.87 bits per heavy atom. The van der Waals surface area contributed by atoms with Gasteiger partial charge in [0.15, 0.2) is 8.32 Å². The number of nitrogens with zero attached hydrogens (tertiary/aromatic N) is 1. The zero-order chi connectivity index (χ0) is 17.5. The molecule has 2 atom stereocenters. The van der Waals surface area contributed by atoms with Gasteiger partial charge in [0.1, 0.15) is 6.10 Å². The fourth-order valence-corrected chi connectivity index (χ4v) is 3.29. The molecule has 0 aliphatic rings. The normalized spacial score (nSPS) is 14.8. The Hall–Kier alpha value is -1.41. The van der Waals surface area contributed by atoms with Gasteiger partial charge in [-0.05, 0) is 23.7 Å². The molecule has 1 rings (SSSR count). The second kappa shape index (κ2) is 8.44. The number of rotatable bonds is 8. The molecule has 1 aromatic carbocycles. The van der Waals surface area contributed by atoms with Crippen molar-refractivity contribution in [3.63, 3.8) is 0 Å². The van der Waals surface area contributed by atoms with E-state index >= 15 is 0 Å². The number of benzene rings is 1. The van der Waals surface area contributed by atoms with E-state index in [1.807, 2.05) is 30.3 Å². The van der Waals surface area contributed by atoms with Gasteiger partial charge in [0.2, 0.25) is 0 Å². The van der Waals surface area contributed by atoms with E-state index in [0.717, 1.165) is 5.56 Å². The molecule has 0 heterocycles. The summed E-state index contributed by atoms with van der Waals surface area (Å²) in [5.41, 5.74) is 1.10. The van der Waals surface area contributed by atoms with E-state index in [-0.39, 0.29) is 17.2 Å². The van der Waals surface area contributed by atoms with Gasteiger partial charge in [0.25, 0.3) is 0 Å². The summed E-state index contributed by atoms with van der Waals surface area (Å²) in [6, 6.07) is 12.2. The molecule has 0 aliphatic carbocycles. The Bertz CT molecular complexity index is 529. The first kappa shape index (κ1) is 19.6. The number of ether oxygens (including phenoxy) is 1. The lowest BCUT2D eigenvalue weighted by molar-refractivity contribution is -0.0102. The summed E-state index contributed by atoms with van der Waals surface area (Å²) in [5, 5.41) is 9.25. The van der Waals surface area contributed by atoms with E-state index < -0.39 is 8.32 Å². The Labute approximate surface area is 142 Å². The predicted octanol–water partition coefficient (Wildman–Crippen LogP) is 5.06. The Morgan fingerprint density at radius 1 is 1.26 bits per heavy atom. The molecule has 0 N–H and O–H groups in total. The summed E-state index contributed by atoms with van der Waals surface area (Å²) < 4.78 is 12.4. The van der Waals surface area contributed by atoms with Gasteiger partial charge in [-0.1, -0.05) is 57.2 Å². The van der Waals surface area contributed by atoms with Crippen LogP contribution in [0.15, 0.2) is 43.0 Å². The van der Waals surface area contributed by atoms with Crippen LogP contribution in [0.5, 0.6) is 0 Å². The molecule has 0 unspecified atom stereocenters. The Kier molecular flexibility index (Phi) is 7.21. The van der Waals surface area contributed by atoms with E-state index in [1.54, 1.807) is 6.08 Å². The summed E-state index contributed by atoms with van der Waals surface area (Å²) in [6.45, 7) is 15.3. The van der Waals surface area contributed by atoms with E-state index in [9.17, 15) is 0 Å². The van der Waals surface area contributed by atoms with Crippen molar-refractivity contribution in [1.82, 2.24) is 0 Å². The molecule has 0 saturated heterocycles. The van der Waals surface area contributed by atoms with Crippen LogP contribution in [0.1, 0.15) is 32.8 Å². The fourth-order valence-electron chi connectivity index (χ4n) is 1.96. The first-order valence-electron chi connectivity index (χ1n) is 8.04. The van der Waals surface area contributed by atoms with Crippen LogP contribution < -0.4 is 0 Å². The molecule has 0 aromatic heterocycles. The maximum absolute atomic E-state index is 9.16. The van der Waals surface area contributed by atoms with Crippen molar-refractivity contribution < 1.29 is 9.16 Å². The Morgan fingerprint density at radius 3 is 2.35 bits per heavy atom. The summed E-state index contributed by atoms with van der Waals surface area (Å²) >= 11 is 0. The van der Waals surface area contributed by atoms with Gasteiger partial charge in [-0.2, -0.15) is 5.26 Å². The first-order chi connectivity index (χ1) is 10.7. The van der Waals surface area contributed by atoms with Crippen LogP contribution >= 0.6 is 0 Å². The Balaban J connectivity index is 2.80. The number of hydrogen-bond donors (Lipinski definition) is 0. The van der Waals surface area contributed by atoms with Gasteiger partial charge < -0.3 is 9.16 Å². The minimum absolute atomic E-state index is 0.0891. The summed E-state index contributed by atoms with van der Waals surface area (Å²) in [5.74, 6) is 0. The van der Waals surface area contributed by atoms with Crippen molar-refractivity contribution in [2.45, 2.75) is 64.1 Å². The molecular formula is C19H29NO2Si. The largest absolute Gasteiger partial charge is 0.410 e. The van der Waals surface area contributed by atoms with Gasteiger partial charge in [0.05, 0.1) is 25.2 Å². The van der Waals surface area contributed by atoms with Crippen LogP contribution in [-0.2, 0) is 15.8 Å². The van der Waals surface area contributed by atoms with Crippen LogP contribution in [0.2, 0.25) is 18.1 Å². The van der Waals surface area contributed by atoms with Crippen molar-refractivity contribution in [2.24, 2.45) is 0 Å². The van der Waals surface area contributed by atoms with Crippen molar-refractivity contribution in [2.75, 3.05) is 0 Å². The van der Waals surface area contributed by atoms with E-state index in [1.165, 1.54) is 0 Å². The molecule has 4 heteroatoms. The molecule has 3 nitrogen and oxygen atoms in total. The highest BCUT2D eigenvalue weighted by molar-refractivity contribution is 6.74. The zero-order valence-electron chi connectivity index (χ0n) is 15.0. The van der Waals surface area contributed by atoms with Crippen LogP contribution in [0, 0.1) is 11.3 Å². The molecule has 23 heavy (non-hydrogen) atoms. The highest BCUT2D eigenvalue weighted by atomic mass is 28.4. The quantitative estimate of drug-likeness (QED) is 0.494. The summed E-state index contributed by atoms with van der Waals surface area (Å²) in [7, 11) is -1.97. The molecule has 1 aromatic rings. The molecule has 0 spiro atoms. The predicted molar refractivity (Wildman–Crippen MR) is 97.5 cm³/mol. The molecule has 126 valence electrons. The number of hydrogen-bond acceptors (Lipinski definition) is 3. The van der Waals surface area contributed by atoms with Crippen molar-refractivity contribution in [3.8, 4) is 6.07 Å². The fraction of sp³-hybridized carbons (Fsp3) is 0.526. The van der Waals surface area contributed by atoms with Crippen LogP contribution in [0.25, 0.3) is 0 Å². The lowest BCUT2D eigenvalue weighted by atomic mass is 10.1. The molecule has 0 amide bonds. The first-order valence-corrected chi connectivity index (χ1v) is 10.9. The lowest BCUT2D eigenvalue weighted by Crippen LogP contribution is -2.47. The minimum Gasteiger partial charge on any atom is -0.410 e. The third-order valence-electron chi connectivity index (χ3n) is 4.43. The maximum Gasteiger partial charge on any atom is 0.192 e.